The molecule has 0 amide bonds. The average molecular weight is 426 g/mol. The van der Waals surface area contributed by atoms with Crippen molar-refractivity contribution in [2.45, 2.75) is 64.1 Å². The van der Waals surface area contributed by atoms with E-state index in [0.717, 1.165) is 35.4 Å². The fraction of sp³-hybridized carbons (Fsp3) is 0.538. The number of ether oxygens (including phenoxy) is 2. The summed E-state index contributed by atoms with van der Waals surface area (Å²) in [5.74, 6) is 4.16. The molecule has 0 aromatic heterocycles. The minimum absolute atomic E-state index is 0.342. The van der Waals surface area contributed by atoms with E-state index in [1.165, 1.54) is 44.1 Å². The number of aryl methyl sites for hydroxylation is 1. The van der Waals surface area contributed by atoms with E-state index in [9.17, 15) is 0 Å². The maximum absolute atomic E-state index is 6.64. The fourth-order valence-corrected chi connectivity index (χ4v) is 6.84. The number of hydrogen-bond donors (Lipinski definition) is 1. The quantitative estimate of drug-likeness (QED) is 0.565. The second kappa shape index (κ2) is 8.09. The Balaban J connectivity index is 1.29. The third-order valence-corrected chi connectivity index (χ3v) is 7.91. The van der Waals surface area contributed by atoms with Crippen molar-refractivity contribution >= 4 is 11.6 Å². The Morgan fingerprint density at radius 3 is 2.33 bits per heavy atom. The summed E-state index contributed by atoms with van der Waals surface area (Å²) < 4.78 is 11.7. The zero-order chi connectivity index (χ0) is 20.7. The van der Waals surface area contributed by atoms with Crippen molar-refractivity contribution in [1.29, 1.82) is 0 Å². The molecule has 0 heterocycles. The van der Waals surface area contributed by atoms with Crippen molar-refractivity contribution in [3.8, 4) is 11.5 Å². The van der Waals surface area contributed by atoms with Crippen molar-refractivity contribution < 1.29 is 9.47 Å². The van der Waals surface area contributed by atoms with Crippen molar-refractivity contribution in [2.75, 3.05) is 7.11 Å². The van der Waals surface area contributed by atoms with Gasteiger partial charge in [-0.3, -0.25) is 0 Å². The highest BCUT2D eigenvalue weighted by molar-refractivity contribution is 6.32. The molecule has 160 valence electrons. The third-order valence-electron chi connectivity index (χ3n) is 7.63. The zero-order valence-corrected chi connectivity index (χ0v) is 18.8. The number of methoxy groups -OCH3 is 1. The third kappa shape index (κ3) is 3.94. The van der Waals surface area contributed by atoms with Gasteiger partial charge >= 0.3 is 0 Å². The van der Waals surface area contributed by atoms with E-state index in [0.29, 0.717) is 28.7 Å². The molecule has 0 radical (unpaired) electrons. The zero-order valence-electron chi connectivity index (χ0n) is 18.0. The molecule has 0 spiro atoms. The predicted molar refractivity (Wildman–Crippen MR) is 121 cm³/mol. The molecule has 4 aliphatic rings. The van der Waals surface area contributed by atoms with E-state index in [1.54, 1.807) is 7.11 Å². The Labute approximate surface area is 185 Å². The molecule has 0 aliphatic heterocycles. The van der Waals surface area contributed by atoms with E-state index in [4.69, 9.17) is 21.1 Å². The van der Waals surface area contributed by atoms with E-state index in [2.05, 4.69) is 30.4 Å². The molecule has 4 heteroatoms. The predicted octanol–water partition coefficient (Wildman–Crippen LogP) is 6.29. The summed E-state index contributed by atoms with van der Waals surface area (Å²) in [4.78, 5) is 0. The van der Waals surface area contributed by atoms with Gasteiger partial charge in [-0.25, -0.2) is 0 Å². The summed E-state index contributed by atoms with van der Waals surface area (Å²) in [5, 5.41) is 4.57. The summed E-state index contributed by atoms with van der Waals surface area (Å²) in [6.07, 6.45) is 8.44. The first-order chi connectivity index (χ1) is 14.5. The molecule has 0 unspecified atom stereocenters. The van der Waals surface area contributed by atoms with Gasteiger partial charge in [0.05, 0.1) is 12.1 Å². The monoisotopic (exact) mass is 425 g/mol. The molecular formula is C26H32ClNO2. The van der Waals surface area contributed by atoms with Gasteiger partial charge in [0.15, 0.2) is 11.5 Å². The minimum Gasteiger partial charge on any atom is -0.493 e. The van der Waals surface area contributed by atoms with Crippen LogP contribution in [0, 0.1) is 24.7 Å². The summed E-state index contributed by atoms with van der Waals surface area (Å²) in [6.45, 7) is 3.41. The first kappa shape index (κ1) is 20.2. The van der Waals surface area contributed by atoms with Crippen LogP contribution in [-0.2, 0) is 13.2 Å². The summed E-state index contributed by atoms with van der Waals surface area (Å²) >= 11 is 6.64. The number of benzene rings is 2. The van der Waals surface area contributed by atoms with Crippen molar-refractivity contribution in [3.05, 3.63) is 58.1 Å². The second-order valence-corrected chi connectivity index (χ2v) is 10.3. The Hall–Kier alpha value is -1.71. The summed E-state index contributed by atoms with van der Waals surface area (Å²) in [6, 6.07) is 12.4. The number of rotatable bonds is 7. The highest BCUT2D eigenvalue weighted by Gasteiger charge is 2.50. The summed E-state index contributed by atoms with van der Waals surface area (Å²) in [7, 11) is 1.68. The molecule has 4 saturated carbocycles. The van der Waals surface area contributed by atoms with Gasteiger partial charge < -0.3 is 14.8 Å². The van der Waals surface area contributed by atoms with Crippen LogP contribution in [0.2, 0.25) is 5.02 Å². The highest BCUT2D eigenvalue weighted by Crippen LogP contribution is 2.55. The Morgan fingerprint density at radius 2 is 1.70 bits per heavy atom. The minimum atomic E-state index is 0.342. The summed E-state index contributed by atoms with van der Waals surface area (Å²) in [5.41, 5.74) is 3.87. The van der Waals surface area contributed by atoms with Gasteiger partial charge in [0, 0.05) is 12.1 Å². The van der Waals surface area contributed by atoms with Gasteiger partial charge in [-0.15, -0.1) is 0 Å². The van der Waals surface area contributed by atoms with Crippen LogP contribution in [0.1, 0.15) is 55.2 Å². The number of nitrogens with one attached hydrogen (secondary N) is 1. The van der Waals surface area contributed by atoms with E-state index < -0.39 is 0 Å². The lowest BCUT2D eigenvalue weighted by Gasteiger charge is -2.57. The lowest BCUT2D eigenvalue weighted by atomic mass is 9.53. The molecular weight excluding hydrogens is 394 g/mol. The average Bonchev–Trinajstić information content (AvgIpc) is 2.71. The normalized spacial score (nSPS) is 29.2. The standard InChI is InChI=1S/C26H32ClNO2/c1-17-5-3-4-6-22(17)16-30-25-23(27)10-21(11-24(25)29-2)15-28-26-12-18-7-19(13-26)9-20(8-18)14-26/h3-6,10-11,18-20,28H,7-9,12-16H2,1-2H3. The van der Waals surface area contributed by atoms with Crippen LogP contribution in [0.25, 0.3) is 0 Å². The Kier molecular flexibility index (Phi) is 5.45. The van der Waals surface area contributed by atoms with Gasteiger partial charge in [-0.05, 0) is 92.0 Å². The van der Waals surface area contributed by atoms with Crippen LogP contribution in [-0.4, -0.2) is 12.6 Å². The maximum atomic E-state index is 6.64. The molecule has 4 bridgehead atoms. The van der Waals surface area contributed by atoms with Crippen LogP contribution in [0.5, 0.6) is 11.5 Å². The molecule has 30 heavy (non-hydrogen) atoms. The van der Waals surface area contributed by atoms with E-state index in [-0.39, 0.29) is 0 Å². The van der Waals surface area contributed by atoms with Gasteiger partial charge in [0.2, 0.25) is 0 Å². The second-order valence-electron chi connectivity index (χ2n) is 9.88. The Bertz CT molecular complexity index is 890. The lowest BCUT2D eigenvalue weighted by molar-refractivity contribution is -0.0206. The van der Waals surface area contributed by atoms with Crippen LogP contribution >= 0.6 is 11.6 Å². The SMILES string of the molecule is COc1cc(CNC23CC4CC(CC(C4)C2)C3)cc(Cl)c1OCc1ccccc1C. The highest BCUT2D eigenvalue weighted by atomic mass is 35.5. The van der Waals surface area contributed by atoms with Gasteiger partial charge in [0.1, 0.15) is 6.61 Å². The first-order valence-electron chi connectivity index (χ1n) is 11.3. The smallest absolute Gasteiger partial charge is 0.180 e. The van der Waals surface area contributed by atoms with Gasteiger partial charge in [0.25, 0.3) is 0 Å². The number of halogens is 1. The molecule has 6 rings (SSSR count). The largest absolute Gasteiger partial charge is 0.493 e. The molecule has 3 nitrogen and oxygen atoms in total. The maximum Gasteiger partial charge on any atom is 0.180 e. The van der Waals surface area contributed by atoms with Crippen LogP contribution in [0.15, 0.2) is 36.4 Å². The first-order valence-corrected chi connectivity index (χ1v) is 11.7. The molecule has 2 aromatic carbocycles. The van der Waals surface area contributed by atoms with Crippen LogP contribution < -0.4 is 14.8 Å². The van der Waals surface area contributed by atoms with Gasteiger partial charge in [-0.1, -0.05) is 35.9 Å². The fourth-order valence-electron chi connectivity index (χ4n) is 6.55. The molecule has 0 atom stereocenters. The molecule has 0 saturated heterocycles. The van der Waals surface area contributed by atoms with Crippen molar-refractivity contribution in [1.82, 2.24) is 5.32 Å². The topological polar surface area (TPSA) is 30.5 Å². The van der Waals surface area contributed by atoms with E-state index >= 15 is 0 Å². The van der Waals surface area contributed by atoms with Crippen LogP contribution in [0.4, 0.5) is 0 Å². The van der Waals surface area contributed by atoms with Crippen molar-refractivity contribution in [3.63, 3.8) is 0 Å². The lowest BCUT2D eigenvalue weighted by Crippen LogP contribution is -2.58. The molecule has 1 N–H and O–H groups in total. The molecule has 4 fully saturated rings. The Morgan fingerprint density at radius 1 is 1.03 bits per heavy atom. The number of hydrogen-bond acceptors (Lipinski definition) is 3. The van der Waals surface area contributed by atoms with E-state index in [1.807, 2.05) is 18.2 Å². The molecule has 2 aromatic rings. The van der Waals surface area contributed by atoms with Crippen LogP contribution in [0.3, 0.4) is 0 Å². The molecule has 4 aliphatic carbocycles. The van der Waals surface area contributed by atoms with Gasteiger partial charge in [-0.2, -0.15) is 0 Å². The van der Waals surface area contributed by atoms with Crippen molar-refractivity contribution in [2.24, 2.45) is 17.8 Å².